The number of nitrogens with zero attached hydrogens (tertiary/aromatic N) is 1. The van der Waals surface area contributed by atoms with Crippen molar-refractivity contribution in [1.29, 1.82) is 0 Å². The molecule has 0 spiro atoms. The molecule has 0 amide bonds. The first-order chi connectivity index (χ1) is 16.6. The quantitative estimate of drug-likeness (QED) is 0.444. The van der Waals surface area contributed by atoms with Crippen LogP contribution in [0.3, 0.4) is 0 Å². The van der Waals surface area contributed by atoms with E-state index >= 15 is 0 Å². The summed E-state index contributed by atoms with van der Waals surface area (Å²) in [6.07, 6.45) is -11.7. The molecule has 36 heavy (non-hydrogen) atoms. The van der Waals surface area contributed by atoms with Crippen molar-refractivity contribution in [2.45, 2.75) is 23.5 Å². The van der Waals surface area contributed by atoms with Crippen LogP contribution in [0.5, 0.6) is 11.5 Å². The van der Waals surface area contributed by atoms with Crippen molar-refractivity contribution in [3.8, 4) is 22.6 Å². The van der Waals surface area contributed by atoms with E-state index in [-0.39, 0.29) is 33.7 Å². The number of benzene rings is 3. The van der Waals surface area contributed by atoms with Crippen LogP contribution in [0.1, 0.15) is 23.0 Å². The van der Waals surface area contributed by atoms with Crippen LogP contribution in [0.15, 0.2) is 59.5 Å². The fourth-order valence-electron chi connectivity index (χ4n) is 3.86. The Morgan fingerprint density at radius 1 is 0.833 bits per heavy atom. The SMILES string of the molecule is CN(C)c1c(-c2ccccc2S(N)(=O)=O)ccc2c1OC(c1cc(C(F)(F)F)cc(C(F)(F)F)c1)O2. The first-order valence-corrected chi connectivity index (χ1v) is 11.7. The van der Waals surface area contributed by atoms with Crippen LogP contribution in [-0.4, -0.2) is 22.5 Å². The van der Waals surface area contributed by atoms with Gasteiger partial charge in [-0.05, 0) is 36.4 Å². The Balaban J connectivity index is 1.84. The van der Waals surface area contributed by atoms with E-state index in [2.05, 4.69) is 0 Å². The fraction of sp³-hybridized carbons (Fsp3) is 0.217. The zero-order valence-electron chi connectivity index (χ0n) is 18.6. The molecule has 3 aromatic rings. The maximum atomic E-state index is 13.3. The Labute approximate surface area is 201 Å². The van der Waals surface area contributed by atoms with E-state index in [0.717, 1.165) is 0 Å². The minimum absolute atomic E-state index is 0.0118. The second-order valence-electron chi connectivity index (χ2n) is 8.13. The lowest BCUT2D eigenvalue weighted by molar-refractivity contribution is -0.143. The maximum absolute atomic E-state index is 13.3. The summed E-state index contributed by atoms with van der Waals surface area (Å²) in [4.78, 5) is 1.36. The normalized spacial score (nSPS) is 15.8. The number of fused-ring (bicyclic) bond motifs is 1. The van der Waals surface area contributed by atoms with E-state index in [0.29, 0.717) is 17.7 Å². The van der Waals surface area contributed by atoms with E-state index in [1.165, 1.54) is 30.3 Å². The minimum Gasteiger partial charge on any atom is -0.447 e. The molecule has 192 valence electrons. The predicted molar refractivity (Wildman–Crippen MR) is 118 cm³/mol. The highest BCUT2D eigenvalue weighted by Gasteiger charge is 2.39. The first-order valence-electron chi connectivity index (χ1n) is 10.2. The predicted octanol–water partition coefficient (Wildman–Crippen LogP) is 5.57. The molecular formula is C23H18F6N2O4S. The highest BCUT2D eigenvalue weighted by Crippen LogP contribution is 2.52. The molecule has 0 saturated carbocycles. The molecule has 1 aliphatic heterocycles. The van der Waals surface area contributed by atoms with Crippen molar-refractivity contribution >= 4 is 15.7 Å². The largest absolute Gasteiger partial charge is 0.447 e. The Morgan fingerprint density at radius 2 is 1.42 bits per heavy atom. The standard InChI is InChI=1S/C23H18F6N2O4S/c1-31(2)19-16(15-5-3-4-6-18(15)36(30,32)33)7-8-17-20(19)35-21(34-17)12-9-13(22(24,25)26)11-14(10-12)23(27,28)29/h3-11,21H,1-2H3,(H2,30,32,33). The van der Waals surface area contributed by atoms with Crippen molar-refractivity contribution in [2.75, 3.05) is 19.0 Å². The van der Waals surface area contributed by atoms with Crippen LogP contribution in [-0.2, 0) is 22.4 Å². The highest BCUT2D eigenvalue weighted by molar-refractivity contribution is 7.89. The summed E-state index contributed by atoms with van der Waals surface area (Å²) in [6.45, 7) is 0. The third-order valence-electron chi connectivity index (χ3n) is 5.37. The zero-order chi connectivity index (χ0) is 26.6. The summed E-state index contributed by atoms with van der Waals surface area (Å²) in [6, 6.07) is 9.82. The Kier molecular flexibility index (Phi) is 6.12. The zero-order valence-corrected chi connectivity index (χ0v) is 19.4. The summed E-state index contributed by atoms with van der Waals surface area (Å²) >= 11 is 0. The maximum Gasteiger partial charge on any atom is 0.416 e. The van der Waals surface area contributed by atoms with Gasteiger partial charge in [0.05, 0.1) is 21.7 Å². The van der Waals surface area contributed by atoms with Gasteiger partial charge in [-0.25, -0.2) is 13.6 Å². The molecule has 0 saturated heterocycles. The van der Waals surface area contributed by atoms with E-state index in [1.54, 1.807) is 25.1 Å². The van der Waals surface area contributed by atoms with Crippen molar-refractivity contribution in [3.63, 3.8) is 0 Å². The molecule has 0 radical (unpaired) electrons. The molecule has 0 fully saturated rings. The van der Waals surface area contributed by atoms with Gasteiger partial charge in [0.25, 0.3) is 6.29 Å². The number of hydrogen-bond donors (Lipinski definition) is 1. The number of rotatable bonds is 4. The average Bonchev–Trinajstić information content (AvgIpc) is 3.20. The number of anilines is 1. The van der Waals surface area contributed by atoms with Crippen molar-refractivity contribution in [3.05, 3.63) is 71.3 Å². The third-order valence-corrected chi connectivity index (χ3v) is 6.34. The summed E-state index contributed by atoms with van der Waals surface area (Å²) in [5, 5.41) is 5.35. The van der Waals surface area contributed by atoms with Crippen LogP contribution < -0.4 is 19.5 Å². The molecule has 1 heterocycles. The molecule has 1 atom stereocenters. The van der Waals surface area contributed by atoms with Gasteiger partial charge in [-0.2, -0.15) is 26.3 Å². The van der Waals surface area contributed by atoms with Crippen LogP contribution in [0.4, 0.5) is 32.0 Å². The van der Waals surface area contributed by atoms with Crippen LogP contribution in [0, 0.1) is 0 Å². The number of nitrogens with two attached hydrogens (primary N) is 1. The molecule has 3 aromatic carbocycles. The fourth-order valence-corrected chi connectivity index (χ4v) is 4.61. The third kappa shape index (κ3) is 4.80. The van der Waals surface area contributed by atoms with E-state index in [1.807, 2.05) is 0 Å². The molecule has 1 unspecified atom stereocenters. The molecule has 4 rings (SSSR count). The number of hydrogen-bond acceptors (Lipinski definition) is 5. The van der Waals surface area contributed by atoms with Gasteiger partial charge in [0.15, 0.2) is 11.5 Å². The number of sulfonamides is 1. The van der Waals surface area contributed by atoms with Gasteiger partial charge in [-0.15, -0.1) is 0 Å². The number of alkyl halides is 6. The topological polar surface area (TPSA) is 81.9 Å². The lowest BCUT2D eigenvalue weighted by Gasteiger charge is -2.21. The van der Waals surface area contributed by atoms with Gasteiger partial charge in [0.2, 0.25) is 10.0 Å². The van der Waals surface area contributed by atoms with Gasteiger partial charge in [0, 0.05) is 30.8 Å². The smallest absolute Gasteiger partial charge is 0.416 e. The Bertz CT molecular complexity index is 1400. The monoisotopic (exact) mass is 532 g/mol. The molecule has 6 nitrogen and oxygen atoms in total. The second kappa shape index (κ2) is 8.59. The van der Waals surface area contributed by atoms with Gasteiger partial charge < -0.3 is 14.4 Å². The molecule has 2 N–H and O–H groups in total. The Morgan fingerprint density at radius 3 is 1.94 bits per heavy atom. The summed E-state index contributed by atoms with van der Waals surface area (Å²) in [7, 11) is -0.936. The highest BCUT2D eigenvalue weighted by atomic mass is 32.2. The number of primary sulfonamides is 1. The van der Waals surface area contributed by atoms with Gasteiger partial charge >= 0.3 is 12.4 Å². The van der Waals surface area contributed by atoms with E-state index < -0.39 is 45.4 Å². The van der Waals surface area contributed by atoms with Crippen LogP contribution in [0.2, 0.25) is 0 Å². The summed E-state index contributed by atoms with van der Waals surface area (Å²) in [5.74, 6) is 0.0594. The number of ether oxygens (including phenoxy) is 2. The molecular weight excluding hydrogens is 514 g/mol. The second-order valence-corrected chi connectivity index (χ2v) is 9.66. The van der Waals surface area contributed by atoms with E-state index in [4.69, 9.17) is 14.6 Å². The lowest BCUT2D eigenvalue weighted by Crippen LogP contribution is -2.16. The Hall–Kier alpha value is -3.45. The van der Waals surface area contributed by atoms with Crippen molar-refractivity contribution in [1.82, 2.24) is 0 Å². The molecule has 0 aliphatic carbocycles. The van der Waals surface area contributed by atoms with Gasteiger partial charge in [-0.3, -0.25) is 0 Å². The van der Waals surface area contributed by atoms with Gasteiger partial charge in [-0.1, -0.05) is 18.2 Å². The molecule has 0 bridgehead atoms. The van der Waals surface area contributed by atoms with Crippen LogP contribution in [0.25, 0.3) is 11.1 Å². The molecule has 1 aliphatic rings. The average molecular weight is 532 g/mol. The van der Waals surface area contributed by atoms with Crippen molar-refractivity contribution in [2.24, 2.45) is 5.14 Å². The van der Waals surface area contributed by atoms with Crippen molar-refractivity contribution < 1.29 is 44.2 Å². The number of halogens is 6. The minimum atomic E-state index is -5.04. The van der Waals surface area contributed by atoms with E-state index in [9.17, 15) is 34.8 Å². The van der Waals surface area contributed by atoms with Gasteiger partial charge in [0.1, 0.15) is 0 Å². The molecule has 0 aromatic heterocycles. The molecule has 13 heteroatoms. The summed E-state index contributed by atoms with van der Waals surface area (Å²) < 4.78 is 115. The first kappa shape index (κ1) is 25.6. The summed E-state index contributed by atoms with van der Waals surface area (Å²) in [5.41, 5.74) is -2.67. The van der Waals surface area contributed by atoms with Crippen LogP contribution >= 0.6 is 0 Å². The lowest BCUT2D eigenvalue weighted by atomic mass is 10.0.